The number of methoxy groups -OCH3 is 1. The van der Waals surface area contributed by atoms with E-state index < -0.39 is 16.8 Å². The highest BCUT2D eigenvalue weighted by Gasteiger charge is 2.20. The number of halogens is 2. The standard InChI is InChI=1S/C15H10Cl2N2O6/c1-25-13-3-2-7(4-12(13)19(23)24)14(20)18-11-5-8(15(21)22)9(16)6-10(11)17/h2-6H,1H3,(H,18,20)(H,21,22). The number of carbonyl (C=O) groups excluding carboxylic acids is 1. The van der Waals surface area contributed by atoms with Crippen molar-refractivity contribution < 1.29 is 24.4 Å². The van der Waals surface area contributed by atoms with Crippen molar-refractivity contribution in [3.8, 4) is 5.75 Å². The zero-order valence-corrected chi connectivity index (χ0v) is 14.1. The topological polar surface area (TPSA) is 119 Å². The molecule has 0 spiro atoms. The average molecular weight is 385 g/mol. The van der Waals surface area contributed by atoms with Crippen LogP contribution in [0.5, 0.6) is 5.75 Å². The minimum atomic E-state index is -1.29. The molecule has 0 aliphatic carbocycles. The summed E-state index contributed by atoms with van der Waals surface area (Å²) in [6, 6.07) is 5.92. The molecular weight excluding hydrogens is 375 g/mol. The molecule has 0 radical (unpaired) electrons. The maximum Gasteiger partial charge on any atom is 0.337 e. The van der Waals surface area contributed by atoms with Crippen molar-refractivity contribution in [2.45, 2.75) is 0 Å². The van der Waals surface area contributed by atoms with Crippen molar-refractivity contribution in [3.05, 3.63) is 61.6 Å². The Morgan fingerprint density at radius 1 is 1.20 bits per heavy atom. The van der Waals surface area contributed by atoms with Crippen LogP contribution >= 0.6 is 23.2 Å². The number of ether oxygens (including phenoxy) is 1. The van der Waals surface area contributed by atoms with Crippen LogP contribution in [0.15, 0.2) is 30.3 Å². The summed E-state index contributed by atoms with van der Waals surface area (Å²) in [6.45, 7) is 0. The third kappa shape index (κ3) is 3.98. The van der Waals surface area contributed by atoms with Crippen molar-refractivity contribution >= 4 is 46.5 Å². The molecule has 0 atom stereocenters. The number of nitrogens with one attached hydrogen (secondary N) is 1. The molecule has 0 aliphatic rings. The molecule has 0 unspecified atom stereocenters. The second kappa shape index (κ2) is 7.37. The van der Waals surface area contributed by atoms with E-state index in [1.54, 1.807) is 0 Å². The van der Waals surface area contributed by atoms with E-state index >= 15 is 0 Å². The van der Waals surface area contributed by atoms with Gasteiger partial charge in [0.25, 0.3) is 5.91 Å². The highest BCUT2D eigenvalue weighted by Crippen LogP contribution is 2.31. The van der Waals surface area contributed by atoms with Gasteiger partial charge in [0, 0.05) is 11.6 Å². The first-order chi connectivity index (χ1) is 11.7. The molecule has 0 aliphatic heterocycles. The molecule has 2 rings (SSSR count). The highest BCUT2D eigenvalue weighted by atomic mass is 35.5. The number of hydrogen-bond donors (Lipinski definition) is 2. The number of nitro benzene ring substituents is 1. The van der Waals surface area contributed by atoms with Gasteiger partial charge in [-0.2, -0.15) is 0 Å². The average Bonchev–Trinajstić information content (AvgIpc) is 2.56. The first kappa shape index (κ1) is 18.5. The molecule has 0 saturated heterocycles. The number of carboxylic acids is 1. The van der Waals surface area contributed by atoms with E-state index in [4.69, 9.17) is 33.0 Å². The fourth-order valence-corrected chi connectivity index (χ4v) is 2.49. The van der Waals surface area contributed by atoms with Crippen LogP contribution in [0.25, 0.3) is 0 Å². The van der Waals surface area contributed by atoms with Crippen LogP contribution < -0.4 is 10.1 Å². The molecule has 8 nitrogen and oxygen atoms in total. The fraction of sp³-hybridized carbons (Fsp3) is 0.0667. The smallest absolute Gasteiger partial charge is 0.337 e. The molecule has 2 aromatic rings. The van der Waals surface area contributed by atoms with Gasteiger partial charge in [0.05, 0.1) is 33.3 Å². The lowest BCUT2D eigenvalue weighted by Crippen LogP contribution is -2.13. The summed E-state index contributed by atoms with van der Waals surface area (Å²) < 4.78 is 4.86. The Balaban J connectivity index is 2.37. The zero-order chi connectivity index (χ0) is 18.7. The van der Waals surface area contributed by atoms with E-state index in [-0.39, 0.29) is 38.3 Å². The van der Waals surface area contributed by atoms with E-state index in [1.807, 2.05) is 0 Å². The summed E-state index contributed by atoms with van der Waals surface area (Å²) in [5.41, 5.74) is -0.659. The molecule has 0 aromatic heterocycles. The maximum absolute atomic E-state index is 12.3. The van der Waals surface area contributed by atoms with Gasteiger partial charge in [-0.15, -0.1) is 0 Å². The normalized spacial score (nSPS) is 10.2. The summed E-state index contributed by atoms with van der Waals surface area (Å²) in [7, 11) is 1.27. The predicted molar refractivity (Wildman–Crippen MR) is 91.0 cm³/mol. The number of hydrogen-bond acceptors (Lipinski definition) is 5. The quantitative estimate of drug-likeness (QED) is 0.596. The number of carbonyl (C=O) groups is 2. The summed E-state index contributed by atoms with van der Waals surface area (Å²) in [5, 5.41) is 22.4. The summed E-state index contributed by atoms with van der Waals surface area (Å²) in [4.78, 5) is 33.7. The monoisotopic (exact) mass is 384 g/mol. The summed E-state index contributed by atoms with van der Waals surface area (Å²) in [5.74, 6) is -2.01. The van der Waals surface area contributed by atoms with Gasteiger partial charge in [-0.3, -0.25) is 14.9 Å². The van der Waals surface area contributed by atoms with Crippen LogP contribution in [0, 0.1) is 10.1 Å². The number of amides is 1. The number of carboxylic acid groups (broad SMARTS) is 1. The number of rotatable bonds is 5. The molecule has 0 fully saturated rings. The van der Waals surface area contributed by atoms with Gasteiger partial charge in [0.1, 0.15) is 0 Å². The number of nitrogens with zero attached hydrogens (tertiary/aromatic N) is 1. The van der Waals surface area contributed by atoms with Crippen LogP contribution in [-0.4, -0.2) is 29.0 Å². The first-order valence-corrected chi connectivity index (χ1v) is 7.36. The second-order valence-electron chi connectivity index (χ2n) is 4.71. The van der Waals surface area contributed by atoms with Gasteiger partial charge < -0.3 is 15.2 Å². The Bertz CT molecular complexity index is 885. The fourth-order valence-electron chi connectivity index (χ4n) is 1.98. The van der Waals surface area contributed by atoms with E-state index in [0.717, 1.165) is 12.1 Å². The van der Waals surface area contributed by atoms with Gasteiger partial charge >= 0.3 is 11.7 Å². The Morgan fingerprint density at radius 2 is 1.88 bits per heavy atom. The van der Waals surface area contributed by atoms with Crippen LogP contribution in [0.2, 0.25) is 10.0 Å². The van der Waals surface area contributed by atoms with E-state index in [2.05, 4.69) is 5.32 Å². The lowest BCUT2D eigenvalue weighted by Gasteiger charge is -2.10. The van der Waals surface area contributed by atoms with E-state index in [0.29, 0.717) is 0 Å². The predicted octanol–water partition coefficient (Wildman–Crippen LogP) is 3.86. The minimum absolute atomic E-state index is 0.000705. The van der Waals surface area contributed by atoms with Crippen molar-refractivity contribution in [3.63, 3.8) is 0 Å². The molecule has 130 valence electrons. The van der Waals surface area contributed by atoms with Crippen LogP contribution in [0.4, 0.5) is 11.4 Å². The van der Waals surface area contributed by atoms with Gasteiger partial charge in [-0.05, 0) is 24.3 Å². The molecule has 25 heavy (non-hydrogen) atoms. The van der Waals surface area contributed by atoms with Crippen molar-refractivity contribution in [2.75, 3.05) is 12.4 Å². The highest BCUT2D eigenvalue weighted by molar-refractivity contribution is 6.38. The van der Waals surface area contributed by atoms with Gasteiger partial charge in [-0.25, -0.2) is 4.79 Å². The Labute approximate surface area is 151 Å². The molecule has 0 saturated carbocycles. The van der Waals surface area contributed by atoms with Crippen LogP contribution in [0.1, 0.15) is 20.7 Å². The first-order valence-electron chi connectivity index (χ1n) is 6.60. The van der Waals surface area contributed by atoms with Crippen molar-refractivity contribution in [2.24, 2.45) is 0 Å². The van der Waals surface area contributed by atoms with Crippen molar-refractivity contribution in [1.29, 1.82) is 0 Å². The molecule has 2 aromatic carbocycles. The Hall–Kier alpha value is -2.84. The maximum atomic E-state index is 12.3. The van der Waals surface area contributed by atoms with E-state index in [1.165, 1.54) is 25.3 Å². The second-order valence-corrected chi connectivity index (χ2v) is 5.53. The number of benzene rings is 2. The Morgan fingerprint density at radius 3 is 2.44 bits per heavy atom. The Kier molecular flexibility index (Phi) is 5.45. The van der Waals surface area contributed by atoms with Gasteiger partial charge in [0.2, 0.25) is 0 Å². The molecule has 0 heterocycles. The van der Waals surface area contributed by atoms with Gasteiger partial charge in [-0.1, -0.05) is 23.2 Å². The molecule has 10 heteroatoms. The van der Waals surface area contributed by atoms with Crippen molar-refractivity contribution in [1.82, 2.24) is 0 Å². The van der Waals surface area contributed by atoms with Crippen LogP contribution in [0.3, 0.4) is 0 Å². The third-order valence-corrected chi connectivity index (χ3v) is 3.80. The lowest BCUT2D eigenvalue weighted by molar-refractivity contribution is -0.385. The molecule has 0 bridgehead atoms. The molecule has 2 N–H and O–H groups in total. The lowest BCUT2D eigenvalue weighted by atomic mass is 10.1. The summed E-state index contributed by atoms with van der Waals surface area (Å²) in [6.07, 6.45) is 0. The molecule has 1 amide bonds. The summed E-state index contributed by atoms with van der Waals surface area (Å²) >= 11 is 11.7. The number of aromatic carboxylic acids is 1. The number of anilines is 1. The van der Waals surface area contributed by atoms with E-state index in [9.17, 15) is 19.7 Å². The van der Waals surface area contributed by atoms with Gasteiger partial charge in [0.15, 0.2) is 5.75 Å². The zero-order valence-electron chi connectivity index (χ0n) is 12.6. The third-order valence-electron chi connectivity index (χ3n) is 3.17. The number of nitro groups is 1. The largest absolute Gasteiger partial charge is 0.490 e. The SMILES string of the molecule is COc1ccc(C(=O)Nc2cc(C(=O)O)c(Cl)cc2Cl)cc1[N+](=O)[O-]. The molecular formula is C15H10Cl2N2O6. The van der Waals surface area contributed by atoms with Crippen LogP contribution in [-0.2, 0) is 0 Å². The minimum Gasteiger partial charge on any atom is -0.490 e.